The quantitative estimate of drug-likeness (QED) is 0.0702. The van der Waals surface area contributed by atoms with Crippen molar-refractivity contribution in [3.63, 3.8) is 0 Å². The second kappa shape index (κ2) is 21.1. The Kier molecular flexibility index (Phi) is 16.1. The van der Waals surface area contributed by atoms with Crippen molar-refractivity contribution < 1.29 is 43.9 Å². The lowest BCUT2D eigenvalue weighted by molar-refractivity contribution is -0.254. The molecule has 0 bridgehead atoms. The van der Waals surface area contributed by atoms with Crippen LogP contribution in [0, 0.1) is 29.1 Å². The summed E-state index contributed by atoms with van der Waals surface area (Å²) in [4.78, 5) is 22.4. The summed E-state index contributed by atoms with van der Waals surface area (Å²) >= 11 is 0. The molecular formula is C44H57N3O9. The third kappa shape index (κ3) is 9.53. The van der Waals surface area contributed by atoms with Gasteiger partial charge in [-0.05, 0) is 92.5 Å². The fourth-order valence-corrected chi connectivity index (χ4v) is 8.62. The number of unbranched alkanes of at least 4 members (excludes halogenated alkanes) is 2. The van der Waals surface area contributed by atoms with Crippen molar-refractivity contribution in [2.75, 3.05) is 59.4 Å². The second-order valence-corrected chi connectivity index (χ2v) is 14.3. The van der Waals surface area contributed by atoms with Crippen molar-refractivity contribution in [1.82, 2.24) is 4.90 Å². The number of nitriles is 1. The van der Waals surface area contributed by atoms with Crippen molar-refractivity contribution in [3.05, 3.63) is 96.1 Å². The monoisotopic (exact) mass is 771 g/mol. The molecule has 6 unspecified atom stereocenters. The molecule has 2 aliphatic carbocycles. The van der Waals surface area contributed by atoms with E-state index in [2.05, 4.69) is 25.3 Å². The van der Waals surface area contributed by atoms with E-state index in [4.69, 9.17) is 28.9 Å². The van der Waals surface area contributed by atoms with Crippen LogP contribution in [-0.4, -0.2) is 103 Å². The SMILES string of the molecule is C=CCOc1ccc2c(c1)C1C(CCCCO)C(CCCCO)C=C3C(=NOCC)CC(N(CCOCCO)C(=O)c4ccc(C#N)cc4)C(OCC=C)(O2)C31. The van der Waals surface area contributed by atoms with Crippen molar-refractivity contribution in [2.24, 2.45) is 22.9 Å². The van der Waals surface area contributed by atoms with Crippen molar-refractivity contribution in [1.29, 1.82) is 5.26 Å². The molecule has 302 valence electrons. The van der Waals surface area contributed by atoms with Gasteiger partial charge in [-0.1, -0.05) is 42.8 Å². The Morgan fingerprint density at radius 1 is 1.02 bits per heavy atom. The van der Waals surface area contributed by atoms with Gasteiger partial charge in [-0.15, -0.1) is 6.58 Å². The van der Waals surface area contributed by atoms with Gasteiger partial charge < -0.3 is 44.0 Å². The molecule has 5 rings (SSSR count). The number of fused-ring (bicyclic) bond motifs is 2. The van der Waals surface area contributed by atoms with Gasteiger partial charge in [-0.3, -0.25) is 4.79 Å². The smallest absolute Gasteiger partial charge is 0.254 e. The van der Waals surface area contributed by atoms with Crippen molar-refractivity contribution in [2.45, 2.75) is 69.6 Å². The molecule has 1 fully saturated rings. The van der Waals surface area contributed by atoms with Crippen molar-refractivity contribution >= 4 is 11.6 Å². The number of benzene rings is 2. The molecule has 12 nitrogen and oxygen atoms in total. The van der Waals surface area contributed by atoms with E-state index in [0.29, 0.717) is 54.4 Å². The Balaban J connectivity index is 1.78. The largest absolute Gasteiger partial charge is 0.490 e. The molecule has 1 aliphatic heterocycles. The maximum absolute atomic E-state index is 14.8. The third-order valence-corrected chi connectivity index (χ3v) is 10.9. The molecule has 56 heavy (non-hydrogen) atoms. The summed E-state index contributed by atoms with van der Waals surface area (Å²) in [6.07, 6.45) is 10.5. The molecule has 2 aromatic rings. The number of carbonyl (C=O) groups excluding carboxylic acids is 1. The van der Waals surface area contributed by atoms with E-state index in [1.807, 2.05) is 25.1 Å². The fourth-order valence-electron chi connectivity index (χ4n) is 8.62. The molecule has 6 atom stereocenters. The van der Waals surface area contributed by atoms with Crippen LogP contribution in [0.15, 0.2) is 84.6 Å². The molecule has 2 aromatic carbocycles. The van der Waals surface area contributed by atoms with E-state index >= 15 is 0 Å². The first-order valence-corrected chi connectivity index (χ1v) is 19.8. The number of aliphatic hydroxyl groups excluding tert-OH is 3. The molecule has 0 spiro atoms. The zero-order chi connectivity index (χ0) is 39.9. The summed E-state index contributed by atoms with van der Waals surface area (Å²) in [6, 6.07) is 13.7. The normalized spacial score (nSPS) is 24.2. The van der Waals surface area contributed by atoms with Crippen LogP contribution in [-0.2, 0) is 14.3 Å². The van der Waals surface area contributed by atoms with Crippen LogP contribution in [0.25, 0.3) is 0 Å². The number of nitrogens with zero attached hydrogens (tertiary/aromatic N) is 3. The number of oxime groups is 1. The summed E-state index contributed by atoms with van der Waals surface area (Å²) in [6.45, 7) is 10.9. The summed E-state index contributed by atoms with van der Waals surface area (Å²) in [7, 11) is 0. The van der Waals surface area contributed by atoms with Crippen LogP contribution >= 0.6 is 0 Å². The number of amides is 1. The first-order chi connectivity index (χ1) is 27.4. The van der Waals surface area contributed by atoms with Crippen LogP contribution in [0.5, 0.6) is 11.5 Å². The lowest BCUT2D eigenvalue weighted by atomic mass is 9.55. The van der Waals surface area contributed by atoms with Gasteiger partial charge in [0.05, 0.1) is 49.7 Å². The zero-order valence-electron chi connectivity index (χ0n) is 32.5. The summed E-state index contributed by atoms with van der Waals surface area (Å²) in [5, 5.41) is 43.4. The highest BCUT2D eigenvalue weighted by molar-refractivity contribution is 6.03. The van der Waals surface area contributed by atoms with E-state index in [1.54, 1.807) is 41.3 Å². The topological polar surface area (TPSA) is 163 Å². The van der Waals surface area contributed by atoms with Gasteiger partial charge in [0.2, 0.25) is 5.79 Å². The number of hydrogen-bond acceptors (Lipinski definition) is 11. The zero-order valence-corrected chi connectivity index (χ0v) is 32.5. The average molecular weight is 772 g/mol. The van der Waals surface area contributed by atoms with Gasteiger partial charge in [0.15, 0.2) is 0 Å². The number of allylic oxidation sites excluding steroid dienone is 1. The van der Waals surface area contributed by atoms with Crippen LogP contribution in [0.2, 0.25) is 0 Å². The molecule has 1 saturated carbocycles. The predicted octanol–water partition coefficient (Wildman–Crippen LogP) is 5.93. The molecule has 0 saturated heterocycles. The summed E-state index contributed by atoms with van der Waals surface area (Å²) in [5.41, 5.74) is 3.38. The second-order valence-electron chi connectivity index (χ2n) is 14.3. The van der Waals surface area contributed by atoms with Gasteiger partial charge in [0, 0.05) is 43.2 Å². The molecule has 3 aliphatic rings. The molecule has 0 radical (unpaired) electrons. The first-order valence-electron chi connectivity index (χ1n) is 19.8. The Morgan fingerprint density at radius 3 is 2.45 bits per heavy atom. The Labute approximate surface area is 330 Å². The van der Waals surface area contributed by atoms with Crippen molar-refractivity contribution in [3.8, 4) is 17.6 Å². The standard InChI is InChI=1S/C44H57N3O9/c1-4-23-53-34-17-18-39-37(28-34)41-35(12-8-10-21-49)33(11-7-9-20-48)27-36-38(46-55-6-3)29-40(44(56-39,42(36)41)54-24-5-2)47(19-25-52-26-22-50)43(51)32-15-13-31(30-45)14-16-32/h4-5,13-18,27-28,33,35,40-42,48-50H,1-2,6-12,19-26,29H2,3H3. The van der Waals surface area contributed by atoms with Gasteiger partial charge in [0.25, 0.3) is 5.91 Å². The van der Waals surface area contributed by atoms with Crippen LogP contribution < -0.4 is 9.47 Å². The fraction of sp³-hybridized carbons (Fsp3) is 0.523. The van der Waals surface area contributed by atoms with Gasteiger partial charge in [-0.25, -0.2) is 0 Å². The lowest BCUT2D eigenvalue weighted by Gasteiger charge is -2.60. The highest BCUT2D eigenvalue weighted by Crippen LogP contribution is 2.62. The lowest BCUT2D eigenvalue weighted by Crippen LogP contribution is -2.70. The van der Waals surface area contributed by atoms with Crippen LogP contribution in [0.4, 0.5) is 0 Å². The van der Waals surface area contributed by atoms with E-state index < -0.39 is 17.7 Å². The highest BCUT2D eigenvalue weighted by Gasteiger charge is 2.65. The highest BCUT2D eigenvalue weighted by atomic mass is 16.7. The minimum absolute atomic E-state index is 0.0562. The number of carbonyl (C=O) groups is 1. The van der Waals surface area contributed by atoms with Gasteiger partial charge in [0.1, 0.15) is 30.8 Å². The maximum atomic E-state index is 14.8. The van der Waals surface area contributed by atoms with E-state index in [1.165, 1.54) is 0 Å². The van der Waals surface area contributed by atoms with Gasteiger partial charge >= 0.3 is 0 Å². The average Bonchev–Trinajstić information content (AvgIpc) is 3.22. The maximum Gasteiger partial charge on any atom is 0.254 e. The Hall–Kier alpha value is -4.51. The molecule has 3 N–H and O–H groups in total. The number of ether oxygens (including phenoxy) is 4. The van der Waals surface area contributed by atoms with E-state index in [0.717, 1.165) is 36.8 Å². The molecule has 12 heteroatoms. The first kappa shape index (κ1) is 42.6. The minimum atomic E-state index is -1.45. The Morgan fingerprint density at radius 2 is 1.77 bits per heavy atom. The minimum Gasteiger partial charge on any atom is -0.490 e. The number of rotatable bonds is 23. The molecule has 1 heterocycles. The van der Waals surface area contributed by atoms with E-state index in [9.17, 15) is 25.4 Å². The molecule has 1 amide bonds. The number of hydrogen-bond donors (Lipinski definition) is 3. The summed E-state index contributed by atoms with van der Waals surface area (Å²) < 4.78 is 26.1. The van der Waals surface area contributed by atoms with Crippen LogP contribution in [0.3, 0.4) is 0 Å². The van der Waals surface area contributed by atoms with Gasteiger partial charge in [-0.2, -0.15) is 5.26 Å². The number of aliphatic hydroxyl groups is 3. The summed E-state index contributed by atoms with van der Waals surface area (Å²) in [5.74, 6) is -1.02. The third-order valence-electron chi connectivity index (χ3n) is 10.9. The van der Waals surface area contributed by atoms with E-state index in [-0.39, 0.29) is 76.3 Å². The molecular weight excluding hydrogens is 714 g/mol. The predicted molar refractivity (Wildman–Crippen MR) is 212 cm³/mol. The Bertz CT molecular complexity index is 1720. The van der Waals surface area contributed by atoms with Crippen LogP contribution in [0.1, 0.15) is 79.3 Å². The molecule has 0 aromatic heterocycles.